The molecule has 1 amide bonds. The van der Waals surface area contributed by atoms with Crippen LogP contribution < -0.4 is 5.56 Å². The number of carbonyl (C=O) groups excluding carboxylic acids is 1. The van der Waals surface area contributed by atoms with E-state index >= 15 is 0 Å². The Hall–Kier alpha value is -3.33. The van der Waals surface area contributed by atoms with Gasteiger partial charge in [-0.3, -0.25) is 19.5 Å². The van der Waals surface area contributed by atoms with Gasteiger partial charge in [-0.15, -0.1) is 0 Å². The molecule has 186 valence electrons. The first-order chi connectivity index (χ1) is 17.7. The zero-order valence-electron chi connectivity index (χ0n) is 20.1. The van der Waals surface area contributed by atoms with E-state index in [4.69, 9.17) is 4.74 Å². The third kappa shape index (κ3) is 3.86. The van der Waals surface area contributed by atoms with Gasteiger partial charge >= 0.3 is 0 Å². The van der Waals surface area contributed by atoms with Crippen LogP contribution in [0.5, 0.6) is 0 Å². The zero-order valence-corrected chi connectivity index (χ0v) is 20.1. The average Bonchev–Trinajstić information content (AvgIpc) is 3.13. The van der Waals surface area contributed by atoms with Gasteiger partial charge in [0.25, 0.3) is 5.56 Å². The van der Waals surface area contributed by atoms with E-state index in [0.29, 0.717) is 45.0 Å². The molecule has 4 atom stereocenters. The minimum absolute atomic E-state index is 0.0435. The molecule has 2 bridgehead atoms. The number of carbonyl (C=O) groups is 1. The van der Waals surface area contributed by atoms with Crippen LogP contribution in [0, 0.1) is 11.8 Å². The number of amides is 1. The van der Waals surface area contributed by atoms with Crippen LogP contribution in [0.3, 0.4) is 0 Å². The molecule has 0 unspecified atom stereocenters. The lowest BCUT2D eigenvalue weighted by Gasteiger charge is -2.39. The van der Waals surface area contributed by atoms with Crippen molar-refractivity contribution < 1.29 is 14.6 Å². The largest absolute Gasteiger partial charge is 0.396 e. The zero-order chi connectivity index (χ0) is 24.6. The Kier molecular flexibility index (Phi) is 6.17. The van der Waals surface area contributed by atoms with Gasteiger partial charge in [-0.1, -0.05) is 30.3 Å². The molecule has 0 radical (unpaired) electrons. The molecule has 5 heterocycles. The Morgan fingerprint density at radius 1 is 1.03 bits per heavy atom. The maximum Gasteiger partial charge on any atom is 0.258 e. The monoisotopic (exact) mass is 486 g/mol. The first-order valence-corrected chi connectivity index (χ1v) is 12.6. The van der Waals surface area contributed by atoms with Crippen molar-refractivity contribution in [1.29, 1.82) is 0 Å². The second-order valence-corrected chi connectivity index (χ2v) is 9.80. The molecule has 6 rings (SSSR count). The van der Waals surface area contributed by atoms with Crippen LogP contribution >= 0.6 is 0 Å². The molecule has 3 aromatic rings. The number of pyridine rings is 2. The molecule has 36 heavy (non-hydrogen) atoms. The van der Waals surface area contributed by atoms with Crippen molar-refractivity contribution in [1.82, 2.24) is 19.4 Å². The molecule has 0 aliphatic carbocycles. The second-order valence-electron chi connectivity index (χ2n) is 9.80. The molecule has 2 fully saturated rings. The summed E-state index contributed by atoms with van der Waals surface area (Å²) in [6.07, 6.45) is 3.37. The number of nitrogens with zero attached hydrogens (tertiary/aromatic N) is 4. The molecule has 2 aromatic heterocycles. The molecule has 8 nitrogen and oxygen atoms in total. The smallest absolute Gasteiger partial charge is 0.258 e. The molecule has 0 spiro atoms. The van der Waals surface area contributed by atoms with Gasteiger partial charge in [-0.05, 0) is 35.4 Å². The number of benzene rings is 1. The number of aliphatic hydroxyl groups excluding tert-OH is 1. The van der Waals surface area contributed by atoms with E-state index in [9.17, 15) is 14.7 Å². The third-order valence-electron chi connectivity index (χ3n) is 7.98. The van der Waals surface area contributed by atoms with Crippen molar-refractivity contribution in [3.05, 3.63) is 88.6 Å². The summed E-state index contributed by atoms with van der Waals surface area (Å²) < 4.78 is 7.31. The number of aliphatic hydroxyl groups is 1. The van der Waals surface area contributed by atoms with Crippen molar-refractivity contribution in [2.75, 3.05) is 32.9 Å². The fourth-order valence-electron chi connectivity index (χ4n) is 6.26. The number of ether oxygens (including phenoxy) is 1. The molecule has 1 aromatic carbocycles. The SMILES string of the molecule is O=C([C@@H]1[C@@H](CO)[C@@H]2Cn3c(ccc(-c4ccncc4)c3=O)[C@H]1N2Cc1ccccc1)N1CCOCC1. The van der Waals surface area contributed by atoms with Crippen LogP contribution in [0.15, 0.2) is 71.8 Å². The first kappa shape index (κ1) is 23.1. The fraction of sp³-hybridized carbons (Fsp3) is 0.393. The molecule has 2 saturated heterocycles. The normalized spacial score (nSPS) is 25.5. The van der Waals surface area contributed by atoms with E-state index in [1.165, 1.54) is 0 Å². The van der Waals surface area contributed by atoms with Gasteiger partial charge in [0, 0.05) is 68.4 Å². The summed E-state index contributed by atoms with van der Waals surface area (Å²) in [6, 6.07) is 17.3. The minimum atomic E-state index is -0.429. The molecule has 3 aliphatic heterocycles. The molecule has 8 heteroatoms. The van der Waals surface area contributed by atoms with Gasteiger partial charge in [0.2, 0.25) is 5.91 Å². The maximum absolute atomic E-state index is 13.9. The predicted molar refractivity (Wildman–Crippen MR) is 134 cm³/mol. The van der Waals surface area contributed by atoms with Crippen LogP contribution in [0.2, 0.25) is 0 Å². The number of hydrogen-bond donors (Lipinski definition) is 1. The van der Waals surface area contributed by atoms with Crippen molar-refractivity contribution in [3.8, 4) is 11.1 Å². The van der Waals surface area contributed by atoms with Crippen LogP contribution in [-0.2, 0) is 22.6 Å². The summed E-state index contributed by atoms with van der Waals surface area (Å²) in [4.78, 5) is 35.9. The van der Waals surface area contributed by atoms with E-state index in [2.05, 4.69) is 22.0 Å². The topological polar surface area (TPSA) is 87.9 Å². The van der Waals surface area contributed by atoms with E-state index in [1.807, 2.05) is 51.9 Å². The fourth-order valence-corrected chi connectivity index (χ4v) is 6.26. The number of rotatable bonds is 5. The Bertz CT molecular complexity index is 1290. The Morgan fingerprint density at radius 3 is 2.50 bits per heavy atom. The standard InChI is InChI=1S/C28H30N4O4/c33-18-22-24-17-32-23(7-6-21(27(32)34)20-8-10-29-11-9-20)26(31(24)16-19-4-2-1-3-5-19)25(22)28(35)30-12-14-36-15-13-30/h1-11,22,24-26,33H,12-18H2/t22-,24-,25+,26+/m0/s1. The van der Waals surface area contributed by atoms with Gasteiger partial charge in [-0.25, -0.2) is 0 Å². The number of fused-ring (bicyclic) bond motifs is 4. The summed E-state index contributed by atoms with van der Waals surface area (Å²) in [7, 11) is 0. The van der Waals surface area contributed by atoms with Crippen LogP contribution in [0.25, 0.3) is 11.1 Å². The molecule has 0 saturated carbocycles. The predicted octanol–water partition coefficient (Wildman–Crippen LogP) is 1.93. The van der Waals surface area contributed by atoms with Gasteiger partial charge in [-0.2, -0.15) is 0 Å². The summed E-state index contributed by atoms with van der Waals surface area (Å²) >= 11 is 0. The van der Waals surface area contributed by atoms with E-state index in [0.717, 1.165) is 16.8 Å². The minimum Gasteiger partial charge on any atom is -0.396 e. The Morgan fingerprint density at radius 2 is 1.78 bits per heavy atom. The summed E-state index contributed by atoms with van der Waals surface area (Å²) in [5.74, 6) is -0.651. The first-order valence-electron chi connectivity index (χ1n) is 12.6. The molecule has 3 aliphatic rings. The van der Waals surface area contributed by atoms with Crippen LogP contribution in [0.4, 0.5) is 0 Å². The van der Waals surface area contributed by atoms with E-state index in [-0.39, 0.29) is 36.1 Å². The second kappa shape index (κ2) is 9.61. The van der Waals surface area contributed by atoms with Gasteiger partial charge in [0.05, 0.1) is 25.2 Å². The lowest BCUT2D eigenvalue weighted by Crippen LogP contribution is -2.47. The van der Waals surface area contributed by atoms with Crippen molar-refractivity contribution in [2.45, 2.75) is 25.2 Å². The Labute approximate surface area is 209 Å². The molecule has 1 N–H and O–H groups in total. The summed E-state index contributed by atoms with van der Waals surface area (Å²) in [6.45, 7) is 3.14. The highest BCUT2D eigenvalue weighted by Crippen LogP contribution is 2.49. The number of morpholine rings is 1. The molecular weight excluding hydrogens is 456 g/mol. The number of hydrogen-bond acceptors (Lipinski definition) is 6. The van der Waals surface area contributed by atoms with Gasteiger partial charge < -0.3 is 19.3 Å². The van der Waals surface area contributed by atoms with E-state index < -0.39 is 5.92 Å². The van der Waals surface area contributed by atoms with Gasteiger partial charge in [0.1, 0.15) is 0 Å². The average molecular weight is 487 g/mol. The highest BCUT2D eigenvalue weighted by atomic mass is 16.5. The third-order valence-corrected chi connectivity index (χ3v) is 7.98. The van der Waals surface area contributed by atoms with Gasteiger partial charge in [0.15, 0.2) is 0 Å². The van der Waals surface area contributed by atoms with Crippen molar-refractivity contribution in [3.63, 3.8) is 0 Å². The summed E-state index contributed by atoms with van der Waals surface area (Å²) in [5, 5.41) is 10.6. The van der Waals surface area contributed by atoms with Crippen molar-refractivity contribution >= 4 is 5.91 Å². The van der Waals surface area contributed by atoms with Crippen molar-refractivity contribution in [2.24, 2.45) is 11.8 Å². The maximum atomic E-state index is 13.9. The van der Waals surface area contributed by atoms with E-state index in [1.54, 1.807) is 12.4 Å². The van der Waals surface area contributed by atoms with Crippen LogP contribution in [0.1, 0.15) is 17.3 Å². The molecular formula is C28H30N4O4. The number of aromatic nitrogens is 2. The summed E-state index contributed by atoms with van der Waals surface area (Å²) in [5.41, 5.74) is 3.36. The lowest BCUT2D eigenvalue weighted by atomic mass is 9.86. The lowest BCUT2D eigenvalue weighted by molar-refractivity contribution is -0.142. The Balaban J connectivity index is 1.45. The highest BCUT2D eigenvalue weighted by Gasteiger charge is 2.56. The van der Waals surface area contributed by atoms with Crippen LogP contribution in [-0.4, -0.2) is 69.3 Å². The highest BCUT2D eigenvalue weighted by molar-refractivity contribution is 5.81. The quantitative estimate of drug-likeness (QED) is 0.593.